The first-order valence-electron chi connectivity index (χ1n) is 19.5. The molecule has 15 heteroatoms. The van der Waals surface area contributed by atoms with Crippen molar-refractivity contribution in [3.8, 4) is 22.5 Å². The fraction of sp³-hybridized carbons (Fsp3) is 0.439. The van der Waals surface area contributed by atoms with E-state index >= 15 is 0 Å². The number of nitrogens with one attached hydrogen (secondary N) is 4. The first-order valence-corrected chi connectivity index (χ1v) is 19.5. The van der Waals surface area contributed by atoms with E-state index < -0.39 is 24.3 Å². The van der Waals surface area contributed by atoms with Crippen LogP contribution >= 0.6 is 0 Å². The van der Waals surface area contributed by atoms with Gasteiger partial charge in [0.1, 0.15) is 23.7 Å². The Balaban J connectivity index is 0.905. The fourth-order valence-electron chi connectivity index (χ4n) is 8.45. The zero-order chi connectivity index (χ0) is 38.5. The molecule has 15 nitrogen and oxygen atoms in total. The van der Waals surface area contributed by atoms with Crippen molar-refractivity contribution in [3.05, 3.63) is 66.5 Å². The van der Waals surface area contributed by atoms with Crippen LogP contribution in [0.3, 0.4) is 0 Å². The highest BCUT2D eigenvalue weighted by molar-refractivity contribution is 5.91. The Hall–Kier alpha value is -5.99. The average Bonchev–Trinajstić information content (AvgIpc) is 3.97. The first kappa shape index (κ1) is 35.7. The molecule has 0 spiro atoms. The summed E-state index contributed by atoms with van der Waals surface area (Å²) < 4.78 is 9.59. The summed E-state index contributed by atoms with van der Waals surface area (Å²) in [5.74, 6) is 1.56. The van der Waals surface area contributed by atoms with Crippen LogP contribution in [0.25, 0.3) is 44.3 Å². The number of rotatable bonds is 10. The first-order chi connectivity index (χ1) is 27.3. The van der Waals surface area contributed by atoms with E-state index in [1.807, 2.05) is 22.1 Å². The molecular weight excluding hydrogens is 715 g/mol. The number of hydrogen-bond donors (Lipinski definition) is 4. The number of likely N-dealkylation sites (tertiary alicyclic amines) is 2. The van der Waals surface area contributed by atoms with Crippen molar-refractivity contribution >= 4 is 45.8 Å². The number of aromatic nitrogens is 5. The number of benzene rings is 2. The molecule has 3 aromatic heterocycles. The minimum Gasteiger partial charge on any atom is -0.453 e. The lowest BCUT2D eigenvalue weighted by atomic mass is 10.0. The van der Waals surface area contributed by atoms with Crippen LogP contribution in [-0.2, 0) is 19.1 Å². The van der Waals surface area contributed by atoms with Crippen LogP contribution in [0, 0.1) is 11.8 Å². The van der Waals surface area contributed by atoms with Crippen molar-refractivity contribution < 1.29 is 28.7 Å². The van der Waals surface area contributed by atoms with Gasteiger partial charge in [-0.3, -0.25) is 14.6 Å². The molecular formula is C41H45N9O6. The van der Waals surface area contributed by atoms with Gasteiger partial charge in [-0.05, 0) is 92.2 Å². The van der Waals surface area contributed by atoms with Gasteiger partial charge in [-0.2, -0.15) is 0 Å². The molecule has 5 aromatic rings. The average molecular weight is 760 g/mol. The molecule has 290 valence electrons. The van der Waals surface area contributed by atoms with Crippen LogP contribution in [0.4, 0.5) is 9.59 Å². The molecule has 2 aliphatic carbocycles. The number of aromatic amines is 2. The second-order valence-electron chi connectivity index (χ2n) is 15.4. The van der Waals surface area contributed by atoms with Gasteiger partial charge in [-0.15, -0.1) is 0 Å². The topological polar surface area (TPSA) is 188 Å². The third-order valence-electron chi connectivity index (χ3n) is 11.8. The fourth-order valence-corrected chi connectivity index (χ4v) is 8.45. The van der Waals surface area contributed by atoms with Crippen LogP contribution in [0.5, 0.6) is 0 Å². The minimum atomic E-state index is -0.592. The molecule has 0 bridgehead atoms. The highest BCUT2D eigenvalue weighted by Gasteiger charge is 2.44. The molecule has 2 aromatic carbocycles. The second kappa shape index (κ2) is 14.6. The van der Waals surface area contributed by atoms with Gasteiger partial charge in [0.2, 0.25) is 11.8 Å². The van der Waals surface area contributed by atoms with Crippen molar-refractivity contribution in [3.63, 3.8) is 0 Å². The number of nitrogens with zero attached hydrogens (tertiary/aromatic N) is 5. The summed E-state index contributed by atoms with van der Waals surface area (Å²) in [5, 5.41) is 7.63. The molecule has 4 fully saturated rings. The maximum absolute atomic E-state index is 13.7. The highest BCUT2D eigenvalue weighted by Crippen LogP contribution is 2.39. The Bertz CT molecular complexity index is 2330. The van der Waals surface area contributed by atoms with Gasteiger partial charge in [0.05, 0.1) is 61.1 Å². The van der Waals surface area contributed by atoms with E-state index in [9.17, 15) is 19.2 Å². The van der Waals surface area contributed by atoms with Gasteiger partial charge in [-0.1, -0.05) is 24.3 Å². The largest absolute Gasteiger partial charge is 0.453 e. The number of hydrogen-bond acceptors (Lipinski definition) is 9. The number of pyridine rings is 1. The molecule has 4 N–H and O–H groups in total. The van der Waals surface area contributed by atoms with Gasteiger partial charge < -0.3 is 39.9 Å². The summed E-state index contributed by atoms with van der Waals surface area (Å²) in [6.45, 7) is 1.22. The van der Waals surface area contributed by atoms with Crippen LogP contribution in [-0.4, -0.2) is 98.1 Å². The van der Waals surface area contributed by atoms with Crippen LogP contribution in [0.1, 0.15) is 75.1 Å². The molecule has 5 heterocycles. The normalized spacial score (nSPS) is 20.6. The maximum atomic E-state index is 13.7. The molecule has 4 unspecified atom stereocenters. The Labute approximate surface area is 322 Å². The van der Waals surface area contributed by atoms with E-state index in [1.54, 1.807) is 6.20 Å². The zero-order valence-electron chi connectivity index (χ0n) is 31.4. The lowest BCUT2D eigenvalue weighted by molar-refractivity contribution is -0.135. The number of amides is 4. The smallest absolute Gasteiger partial charge is 0.407 e. The quantitative estimate of drug-likeness (QED) is 0.137. The summed E-state index contributed by atoms with van der Waals surface area (Å²) >= 11 is 0. The molecule has 56 heavy (non-hydrogen) atoms. The molecule has 0 radical (unpaired) electrons. The molecule has 2 saturated heterocycles. The molecule has 4 amide bonds. The monoisotopic (exact) mass is 759 g/mol. The Morgan fingerprint density at radius 1 is 0.696 bits per heavy atom. The van der Waals surface area contributed by atoms with E-state index in [0.29, 0.717) is 13.1 Å². The van der Waals surface area contributed by atoms with Crippen LogP contribution in [0.2, 0.25) is 0 Å². The number of H-pyrrole nitrogens is 2. The highest BCUT2D eigenvalue weighted by atomic mass is 16.5. The maximum Gasteiger partial charge on any atom is 0.407 e. The van der Waals surface area contributed by atoms with Gasteiger partial charge in [0.25, 0.3) is 0 Å². The number of carbonyl (C=O) groups excluding carboxylic acids is 4. The predicted molar refractivity (Wildman–Crippen MR) is 206 cm³/mol. The SMILES string of the molecule is COC(=O)NC(C(=O)N1CCCC1c1ncc(-c2ccc3cc(-c4cc5nc(C6CCCN6C(=O)C(NC(=O)OC)C6CC6)[nH]c5cn4)ccc3c2)[nH]1)C1CC1. The number of methoxy groups -OCH3 is 2. The lowest BCUT2D eigenvalue weighted by Gasteiger charge is -2.28. The number of alkyl carbamates (subject to hydrolysis) is 2. The summed E-state index contributed by atoms with van der Waals surface area (Å²) in [5.41, 5.74) is 5.16. The molecule has 2 saturated carbocycles. The van der Waals surface area contributed by atoms with E-state index in [-0.39, 0.29) is 35.7 Å². The number of carbonyl (C=O) groups is 4. The summed E-state index contributed by atoms with van der Waals surface area (Å²) in [7, 11) is 2.62. The zero-order valence-corrected chi connectivity index (χ0v) is 31.4. The van der Waals surface area contributed by atoms with Crippen molar-refractivity contribution in [1.82, 2.24) is 45.4 Å². The van der Waals surface area contributed by atoms with E-state index in [2.05, 4.69) is 57.0 Å². The Morgan fingerprint density at radius 2 is 1.27 bits per heavy atom. The van der Waals surface area contributed by atoms with Gasteiger partial charge in [0, 0.05) is 24.2 Å². The molecule has 2 aliphatic heterocycles. The van der Waals surface area contributed by atoms with E-state index in [4.69, 9.17) is 24.4 Å². The van der Waals surface area contributed by atoms with E-state index in [0.717, 1.165) is 107 Å². The minimum absolute atomic E-state index is 0.0816. The van der Waals surface area contributed by atoms with Crippen molar-refractivity contribution in [2.24, 2.45) is 11.8 Å². The van der Waals surface area contributed by atoms with Crippen LogP contribution in [0.15, 0.2) is 54.9 Å². The standard InChI is InChI=1S/C41H45N9O6/c1-55-40(53)47-34(22-7-8-22)38(51)49-15-3-5-32(49)36-43-20-30(45-36)27-14-12-24-17-26(13-11-25(24)18-27)28-19-29-31(21-42-28)46-37(44-29)33-6-4-16-50(33)39(52)35(23-9-10-23)48-41(54)56-2/h11-14,17-23,32-35H,3-10,15-16H2,1-2H3,(H,43,45)(H,44,46)(H,47,53)(H,48,54). The molecule has 9 rings (SSSR count). The molecule has 4 atom stereocenters. The van der Waals surface area contributed by atoms with Gasteiger partial charge in [-0.25, -0.2) is 19.6 Å². The summed E-state index contributed by atoms with van der Waals surface area (Å²) in [6, 6.07) is 12.9. The third kappa shape index (κ3) is 6.90. The Kier molecular flexibility index (Phi) is 9.30. The van der Waals surface area contributed by atoms with Crippen LogP contribution < -0.4 is 10.6 Å². The Morgan fingerprint density at radius 3 is 1.86 bits per heavy atom. The number of fused-ring (bicyclic) bond motifs is 2. The lowest BCUT2D eigenvalue weighted by Crippen LogP contribution is -2.49. The van der Waals surface area contributed by atoms with E-state index in [1.165, 1.54) is 14.2 Å². The van der Waals surface area contributed by atoms with Gasteiger partial charge >= 0.3 is 12.2 Å². The van der Waals surface area contributed by atoms with Crippen molar-refractivity contribution in [2.75, 3.05) is 27.3 Å². The van der Waals surface area contributed by atoms with Gasteiger partial charge in [0.15, 0.2) is 0 Å². The number of imidazole rings is 2. The number of ether oxygens (including phenoxy) is 2. The van der Waals surface area contributed by atoms with Crippen molar-refractivity contribution in [1.29, 1.82) is 0 Å². The summed E-state index contributed by atoms with van der Waals surface area (Å²) in [6.07, 6.45) is 9.36. The second-order valence-corrected chi connectivity index (χ2v) is 15.4. The molecule has 4 aliphatic rings. The summed E-state index contributed by atoms with van der Waals surface area (Å²) in [4.78, 5) is 76.3. The van der Waals surface area contributed by atoms with Crippen molar-refractivity contribution in [2.45, 2.75) is 75.5 Å². The third-order valence-corrected chi connectivity index (χ3v) is 11.8. The predicted octanol–water partition coefficient (Wildman–Crippen LogP) is 5.76.